The second-order valence-electron chi connectivity index (χ2n) is 5.61. The van der Waals surface area contributed by atoms with Crippen molar-refractivity contribution in [2.75, 3.05) is 18.6 Å². The van der Waals surface area contributed by atoms with Crippen LogP contribution in [0.1, 0.15) is 32.8 Å². The Kier molecular flexibility index (Phi) is 4.45. The van der Waals surface area contributed by atoms with Crippen molar-refractivity contribution in [3.05, 3.63) is 29.8 Å². The third kappa shape index (κ3) is 2.72. The van der Waals surface area contributed by atoms with E-state index < -0.39 is 5.60 Å². The molecule has 1 aromatic carbocycles. The molecule has 2 unspecified atom stereocenters. The fraction of sp³-hybridized carbons (Fsp3) is 0.562. The summed E-state index contributed by atoms with van der Waals surface area (Å²) in [4.78, 5) is 14.8. The molecule has 0 spiro atoms. The zero-order valence-electron chi connectivity index (χ0n) is 12.8. The summed E-state index contributed by atoms with van der Waals surface area (Å²) in [5.74, 6) is 0.0329. The van der Waals surface area contributed by atoms with Crippen molar-refractivity contribution in [2.45, 2.75) is 45.4 Å². The molecule has 4 heteroatoms. The van der Waals surface area contributed by atoms with Gasteiger partial charge in [-0.2, -0.15) is 0 Å². The molecule has 0 bridgehead atoms. The standard InChI is InChI=1S/C16H24N2O2/c1-5-16(3,20-4)15(19)18-11-12(2)17-10-13-8-6-7-9-14(13)18/h6-9,12,17H,5,10-11H2,1-4H3. The Morgan fingerprint density at radius 1 is 1.50 bits per heavy atom. The third-order valence-corrected chi connectivity index (χ3v) is 4.20. The van der Waals surface area contributed by atoms with E-state index >= 15 is 0 Å². The van der Waals surface area contributed by atoms with Gasteiger partial charge in [0, 0.05) is 31.9 Å². The lowest BCUT2D eigenvalue weighted by Gasteiger charge is -2.33. The molecule has 0 aromatic heterocycles. The van der Waals surface area contributed by atoms with E-state index in [1.807, 2.05) is 36.9 Å². The molecule has 4 nitrogen and oxygen atoms in total. The lowest BCUT2D eigenvalue weighted by molar-refractivity contribution is -0.138. The van der Waals surface area contributed by atoms with E-state index in [-0.39, 0.29) is 11.9 Å². The predicted octanol–water partition coefficient (Wildman–Crippen LogP) is 2.33. The maximum absolute atomic E-state index is 12.9. The summed E-state index contributed by atoms with van der Waals surface area (Å²) in [6.07, 6.45) is 0.656. The Morgan fingerprint density at radius 3 is 2.85 bits per heavy atom. The molecule has 1 aromatic rings. The van der Waals surface area contributed by atoms with Crippen LogP contribution in [0.4, 0.5) is 5.69 Å². The molecule has 0 saturated heterocycles. The molecule has 1 N–H and O–H groups in total. The van der Waals surface area contributed by atoms with E-state index in [1.54, 1.807) is 7.11 Å². The molecule has 0 saturated carbocycles. The highest BCUT2D eigenvalue weighted by atomic mass is 16.5. The molecule has 0 aliphatic carbocycles. The lowest BCUT2D eigenvalue weighted by Crippen LogP contribution is -2.51. The van der Waals surface area contributed by atoms with Crippen LogP contribution in [0.2, 0.25) is 0 Å². The molecule has 110 valence electrons. The average molecular weight is 276 g/mol. The van der Waals surface area contributed by atoms with Crippen LogP contribution in [0.5, 0.6) is 0 Å². The largest absolute Gasteiger partial charge is 0.369 e. The number of para-hydroxylation sites is 1. The number of carbonyl (C=O) groups is 1. The number of nitrogens with zero attached hydrogens (tertiary/aromatic N) is 1. The SMILES string of the molecule is CCC(C)(OC)C(=O)N1CC(C)NCc2ccccc21. The molecule has 1 aliphatic rings. The highest BCUT2D eigenvalue weighted by molar-refractivity contribution is 6.00. The van der Waals surface area contributed by atoms with Crippen molar-refractivity contribution in [2.24, 2.45) is 0 Å². The van der Waals surface area contributed by atoms with Crippen LogP contribution >= 0.6 is 0 Å². The molecule has 1 heterocycles. The topological polar surface area (TPSA) is 41.6 Å². The first-order valence-corrected chi connectivity index (χ1v) is 7.20. The van der Waals surface area contributed by atoms with Crippen molar-refractivity contribution >= 4 is 11.6 Å². The Morgan fingerprint density at radius 2 is 2.20 bits per heavy atom. The van der Waals surface area contributed by atoms with E-state index in [4.69, 9.17) is 4.74 Å². The van der Waals surface area contributed by atoms with Gasteiger partial charge >= 0.3 is 0 Å². The lowest BCUT2D eigenvalue weighted by atomic mass is 10.00. The molecular weight excluding hydrogens is 252 g/mol. The number of amides is 1. The number of hydrogen-bond donors (Lipinski definition) is 1. The minimum absolute atomic E-state index is 0.0329. The van der Waals surface area contributed by atoms with Crippen molar-refractivity contribution in [1.29, 1.82) is 0 Å². The number of methoxy groups -OCH3 is 1. The molecular formula is C16H24N2O2. The molecule has 0 radical (unpaired) electrons. The Balaban J connectivity index is 2.41. The van der Waals surface area contributed by atoms with Gasteiger partial charge in [-0.05, 0) is 31.9 Å². The summed E-state index contributed by atoms with van der Waals surface area (Å²) in [5, 5.41) is 3.44. The Labute approximate surface area is 121 Å². The quantitative estimate of drug-likeness (QED) is 0.921. The summed E-state index contributed by atoms with van der Waals surface area (Å²) in [5.41, 5.74) is 1.38. The van der Waals surface area contributed by atoms with E-state index in [0.717, 1.165) is 17.8 Å². The average Bonchev–Trinajstić information content (AvgIpc) is 2.65. The number of hydrogen-bond acceptors (Lipinski definition) is 3. The first-order valence-electron chi connectivity index (χ1n) is 7.20. The van der Waals surface area contributed by atoms with Gasteiger partial charge in [-0.3, -0.25) is 4.79 Å². The van der Waals surface area contributed by atoms with Gasteiger partial charge < -0.3 is 15.0 Å². The molecule has 1 amide bonds. The van der Waals surface area contributed by atoms with Crippen LogP contribution in [-0.2, 0) is 16.1 Å². The van der Waals surface area contributed by atoms with Crippen LogP contribution in [0, 0.1) is 0 Å². The van der Waals surface area contributed by atoms with E-state index in [9.17, 15) is 4.79 Å². The van der Waals surface area contributed by atoms with Gasteiger partial charge in [0.15, 0.2) is 0 Å². The normalized spacial score (nSPS) is 21.8. The van der Waals surface area contributed by atoms with E-state index in [0.29, 0.717) is 13.0 Å². The van der Waals surface area contributed by atoms with Crippen molar-refractivity contribution in [1.82, 2.24) is 5.32 Å². The van der Waals surface area contributed by atoms with Crippen molar-refractivity contribution in [3.63, 3.8) is 0 Å². The molecule has 2 rings (SSSR count). The molecule has 0 fully saturated rings. The van der Waals surface area contributed by atoms with Crippen LogP contribution in [0.25, 0.3) is 0 Å². The fourth-order valence-electron chi connectivity index (χ4n) is 2.51. The summed E-state index contributed by atoms with van der Waals surface area (Å²) < 4.78 is 5.48. The van der Waals surface area contributed by atoms with Gasteiger partial charge in [-0.15, -0.1) is 0 Å². The summed E-state index contributed by atoms with van der Waals surface area (Å²) in [6, 6.07) is 8.32. The zero-order valence-corrected chi connectivity index (χ0v) is 12.8. The predicted molar refractivity (Wildman–Crippen MR) is 80.8 cm³/mol. The first-order chi connectivity index (χ1) is 9.51. The van der Waals surface area contributed by atoms with Gasteiger partial charge in [0.05, 0.1) is 0 Å². The summed E-state index contributed by atoms with van der Waals surface area (Å²) >= 11 is 0. The zero-order chi connectivity index (χ0) is 14.8. The number of ether oxygens (including phenoxy) is 1. The highest BCUT2D eigenvalue weighted by Crippen LogP contribution is 2.28. The molecule has 1 aliphatic heterocycles. The number of fused-ring (bicyclic) bond motifs is 1. The second-order valence-corrected chi connectivity index (χ2v) is 5.61. The van der Waals surface area contributed by atoms with E-state index in [2.05, 4.69) is 18.3 Å². The van der Waals surface area contributed by atoms with Gasteiger partial charge in [-0.25, -0.2) is 0 Å². The smallest absolute Gasteiger partial charge is 0.258 e. The number of nitrogens with one attached hydrogen (secondary N) is 1. The van der Waals surface area contributed by atoms with Crippen LogP contribution in [0.3, 0.4) is 0 Å². The van der Waals surface area contributed by atoms with E-state index in [1.165, 1.54) is 0 Å². The first kappa shape index (κ1) is 15.0. The van der Waals surface area contributed by atoms with Gasteiger partial charge in [0.1, 0.15) is 5.60 Å². The second kappa shape index (κ2) is 5.94. The van der Waals surface area contributed by atoms with Gasteiger partial charge in [0.2, 0.25) is 0 Å². The minimum atomic E-state index is -0.767. The third-order valence-electron chi connectivity index (χ3n) is 4.20. The van der Waals surface area contributed by atoms with Crippen molar-refractivity contribution < 1.29 is 9.53 Å². The molecule has 2 atom stereocenters. The number of benzene rings is 1. The van der Waals surface area contributed by atoms with Crippen molar-refractivity contribution in [3.8, 4) is 0 Å². The summed E-state index contributed by atoms with van der Waals surface area (Å²) in [6.45, 7) is 7.39. The highest BCUT2D eigenvalue weighted by Gasteiger charge is 2.37. The van der Waals surface area contributed by atoms with Gasteiger partial charge in [-0.1, -0.05) is 25.1 Å². The van der Waals surface area contributed by atoms with Crippen LogP contribution in [0.15, 0.2) is 24.3 Å². The number of carbonyl (C=O) groups excluding carboxylic acids is 1. The monoisotopic (exact) mass is 276 g/mol. The summed E-state index contributed by atoms with van der Waals surface area (Å²) in [7, 11) is 1.60. The minimum Gasteiger partial charge on any atom is -0.369 e. The maximum Gasteiger partial charge on any atom is 0.258 e. The van der Waals surface area contributed by atoms with Crippen LogP contribution < -0.4 is 10.2 Å². The number of rotatable bonds is 3. The Hall–Kier alpha value is -1.39. The number of anilines is 1. The maximum atomic E-state index is 12.9. The molecule has 20 heavy (non-hydrogen) atoms. The van der Waals surface area contributed by atoms with Gasteiger partial charge in [0.25, 0.3) is 5.91 Å². The Bertz CT molecular complexity index is 483. The fourth-order valence-corrected chi connectivity index (χ4v) is 2.51. The van der Waals surface area contributed by atoms with Crippen LogP contribution in [-0.4, -0.2) is 31.2 Å².